The van der Waals surface area contributed by atoms with Crippen molar-refractivity contribution in [3.05, 3.63) is 63.7 Å². The zero-order valence-electron chi connectivity index (χ0n) is 14.8. The van der Waals surface area contributed by atoms with Crippen LogP contribution >= 0.6 is 11.6 Å². The minimum atomic E-state index is -0.585. The molecule has 0 aliphatic rings. The Morgan fingerprint density at radius 1 is 1.04 bits per heavy atom. The predicted octanol–water partition coefficient (Wildman–Crippen LogP) is 4.91. The van der Waals surface area contributed by atoms with Gasteiger partial charge in [0.2, 0.25) is 0 Å². The average molecular weight is 346 g/mol. The summed E-state index contributed by atoms with van der Waals surface area (Å²) in [5.74, 6) is 0.508. The van der Waals surface area contributed by atoms with E-state index in [1.165, 1.54) is 5.56 Å². The topological polar surface area (TPSA) is 38.3 Å². The van der Waals surface area contributed by atoms with Crippen LogP contribution in [0.4, 0.5) is 0 Å². The second kappa shape index (κ2) is 7.71. The van der Waals surface area contributed by atoms with Gasteiger partial charge in [-0.2, -0.15) is 0 Å². The third-order valence-corrected chi connectivity index (χ3v) is 4.62. The highest BCUT2D eigenvalue weighted by molar-refractivity contribution is 6.32. The fraction of sp³-hybridized carbons (Fsp3) is 0.350. The Morgan fingerprint density at radius 2 is 1.58 bits per heavy atom. The van der Waals surface area contributed by atoms with Crippen LogP contribution in [0.25, 0.3) is 0 Å². The lowest BCUT2D eigenvalue weighted by atomic mass is 10.1. The Hall–Kier alpha value is -2.00. The Kier molecular flexibility index (Phi) is 5.89. The van der Waals surface area contributed by atoms with Crippen molar-refractivity contribution in [2.24, 2.45) is 0 Å². The molecule has 0 bridgehead atoms. The van der Waals surface area contributed by atoms with Gasteiger partial charge in [0.25, 0.3) is 5.91 Å². The van der Waals surface area contributed by atoms with Crippen LogP contribution < -0.4 is 10.1 Å². The van der Waals surface area contributed by atoms with Crippen molar-refractivity contribution < 1.29 is 9.53 Å². The minimum absolute atomic E-state index is 0.0714. The van der Waals surface area contributed by atoms with Crippen LogP contribution in [-0.4, -0.2) is 12.0 Å². The van der Waals surface area contributed by atoms with Gasteiger partial charge < -0.3 is 10.1 Å². The highest BCUT2D eigenvalue weighted by atomic mass is 35.5. The zero-order valence-corrected chi connectivity index (χ0v) is 15.6. The molecule has 0 aromatic heterocycles. The van der Waals surface area contributed by atoms with Gasteiger partial charge in [-0.25, -0.2) is 0 Å². The summed E-state index contributed by atoms with van der Waals surface area (Å²) in [6.45, 7) is 9.60. The first-order valence-electron chi connectivity index (χ1n) is 8.08. The summed E-state index contributed by atoms with van der Waals surface area (Å²) < 4.78 is 5.78. The minimum Gasteiger partial charge on any atom is -0.481 e. The molecule has 0 aliphatic carbocycles. The largest absolute Gasteiger partial charge is 0.481 e. The lowest BCUT2D eigenvalue weighted by Gasteiger charge is -2.20. The molecule has 0 aliphatic heterocycles. The summed E-state index contributed by atoms with van der Waals surface area (Å²) in [4.78, 5) is 12.4. The van der Waals surface area contributed by atoms with E-state index in [0.29, 0.717) is 5.75 Å². The molecule has 4 heteroatoms. The van der Waals surface area contributed by atoms with Crippen LogP contribution in [0.1, 0.15) is 42.1 Å². The molecule has 0 heterocycles. The number of aryl methyl sites for hydroxylation is 3. The Balaban J connectivity index is 2.00. The van der Waals surface area contributed by atoms with E-state index in [1.807, 2.05) is 64.1 Å². The number of amides is 1. The molecule has 3 nitrogen and oxygen atoms in total. The summed E-state index contributed by atoms with van der Waals surface area (Å²) in [5.41, 5.74) is 4.14. The van der Waals surface area contributed by atoms with E-state index in [2.05, 4.69) is 5.32 Å². The number of carbonyl (C=O) groups excluding carboxylic acids is 1. The quantitative estimate of drug-likeness (QED) is 0.836. The maximum atomic E-state index is 12.4. The van der Waals surface area contributed by atoms with Crippen LogP contribution in [-0.2, 0) is 4.79 Å². The molecule has 0 unspecified atom stereocenters. The second-order valence-corrected chi connectivity index (χ2v) is 6.65. The number of nitrogens with one attached hydrogen (secondary N) is 1. The van der Waals surface area contributed by atoms with Gasteiger partial charge in [0, 0.05) is 5.02 Å². The normalized spacial score (nSPS) is 13.2. The van der Waals surface area contributed by atoms with Gasteiger partial charge in [0.15, 0.2) is 6.10 Å². The monoisotopic (exact) mass is 345 g/mol. The Morgan fingerprint density at radius 3 is 2.12 bits per heavy atom. The molecule has 128 valence electrons. The van der Waals surface area contributed by atoms with Crippen molar-refractivity contribution in [3.63, 3.8) is 0 Å². The third-order valence-electron chi connectivity index (χ3n) is 4.03. The molecule has 2 atom stereocenters. The van der Waals surface area contributed by atoms with E-state index >= 15 is 0 Å². The molecule has 0 saturated carbocycles. The first kappa shape index (κ1) is 18.3. The summed E-state index contributed by atoms with van der Waals surface area (Å²) in [6.07, 6.45) is -0.585. The number of hydrogen-bond donors (Lipinski definition) is 1. The number of benzene rings is 2. The number of carbonyl (C=O) groups is 1. The van der Waals surface area contributed by atoms with Crippen molar-refractivity contribution >= 4 is 17.5 Å². The second-order valence-electron chi connectivity index (χ2n) is 6.27. The third kappa shape index (κ3) is 4.51. The molecule has 0 radical (unpaired) electrons. The van der Waals surface area contributed by atoms with Crippen molar-refractivity contribution in [1.29, 1.82) is 0 Å². The lowest BCUT2D eigenvalue weighted by molar-refractivity contribution is -0.127. The van der Waals surface area contributed by atoms with E-state index < -0.39 is 6.10 Å². The summed E-state index contributed by atoms with van der Waals surface area (Å²) in [5, 5.41) is 3.72. The van der Waals surface area contributed by atoms with Gasteiger partial charge in [-0.15, -0.1) is 0 Å². The Labute approximate surface area is 149 Å². The molecule has 0 spiro atoms. The molecule has 1 N–H and O–H groups in total. The van der Waals surface area contributed by atoms with Crippen molar-refractivity contribution in [2.75, 3.05) is 0 Å². The van der Waals surface area contributed by atoms with E-state index in [4.69, 9.17) is 16.3 Å². The van der Waals surface area contributed by atoms with Crippen LogP contribution in [0.15, 0.2) is 36.4 Å². The first-order valence-corrected chi connectivity index (χ1v) is 8.46. The molecule has 0 fully saturated rings. The smallest absolute Gasteiger partial charge is 0.261 e. The van der Waals surface area contributed by atoms with E-state index in [0.717, 1.165) is 21.7 Å². The molecule has 1 amide bonds. The average Bonchev–Trinajstić information content (AvgIpc) is 2.52. The number of halogens is 1. The van der Waals surface area contributed by atoms with E-state index in [1.54, 1.807) is 6.92 Å². The van der Waals surface area contributed by atoms with Gasteiger partial charge in [0.1, 0.15) is 5.75 Å². The molecular weight excluding hydrogens is 322 g/mol. The number of hydrogen-bond acceptors (Lipinski definition) is 2. The SMILES string of the molecule is Cc1ccc([C@@H](C)NC(=O)[C@@H](C)Oc2cc(C)c(Cl)c(C)c2)cc1. The maximum Gasteiger partial charge on any atom is 0.261 e. The van der Waals surface area contributed by atoms with Crippen LogP contribution in [0, 0.1) is 20.8 Å². The zero-order chi connectivity index (χ0) is 17.9. The number of ether oxygens (including phenoxy) is 1. The predicted molar refractivity (Wildman–Crippen MR) is 98.8 cm³/mol. The first-order chi connectivity index (χ1) is 11.3. The molecule has 24 heavy (non-hydrogen) atoms. The summed E-state index contributed by atoms with van der Waals surface area (Å²) in [6, 6.07) is 11.8. The van der Waals surface area contributed by atoms with Gasteiger partial charge in [-0.1, -0.05) is 41.4 Å². The van der Waals surface area contributed by atoms with E-state index in [-0.39, 0.29) is 11.9 Å². The molecule has 2 aromatic rings. The fourth-order valence-corrected chi connectivity index (χ4v) is 2.61. The summed E-state index contributed by atoms with van der Waals surface area (Å²) in [7, 11) is 0. The maximum absolute atomic E-state index is 12.4. The van der Waals surface area contributed by atoms with Crippen LogP contribution in [0.3, 0.4) is 0 Å². The van der Waals surface area contributed by atoms with Crippen molar-refractivity contribution in [1.82, 2.24) is 5.32 Å². The fourth-order valence-electron chi connectivity index (χ4n) is 2.50. The highest BCUT2D eigenvalue weighted by Gasteiger charge is 2.18. The molecular formula is C20H24ClNO2. The van der Waals surface area contributed by atoms with Crippen molar-refractivity contribution in [2.45, 2.75) is 46.8 Å². The van der Waals surface area contributed by atoms with E-state index in [9.17, 15) is 4.79 Å². The van der Waals surface area contributed by atoms with Crippen LogP contribution in [0.5, 0.6) is 5.75 Å². The van der Waals surface area contributed by atoms with Gasteiger partial charge >= 0.3 is 0 Å². The van der Waals surface area contributed by atoms with Crippen LogP contribution in [0.2, 0.25) is 5.02 Å². The molecule has 2 rings (SSSR count). The highest BCUT2D eigenvalue weighted by Crippen LogP contribution is 2.26. The Bertz CT molecular complexity index is 702. The molecule has 0 saturated heterocycles. The van der Waals surface area contributed by atoms with Gasteiger partial charge in [-0.05, 0) is 63.4 Å². The van der Waals surface area contributed by atoms with Gasteiger partial charge in [0.05, 0.1) is 6.04 Å². The summed E-state index contributed by atoms with van der Waals surface area (Å²) >= 11 is 6.16. The molecule has 2 aromatic carbocycles. The van der Waals surface area contributed by atoms with Gasteiger partial charge in [-0.3, -0.25) is 4.79 Å². The lowest BCUT2D eigenvalue weighted by Crippen LogP contribution is -2.37. The van der Waals surface area contributed by atoms with Crippen molar-refractivity contribution in [3.8, 4) is 5.75 Å². The standard InChI is InChI=1S/C20H24ClNO2/c1-12-6-8-17(9-7-12)15(4)22-20(23)16(5)24-18-10-13(2)19(21)14(3)11-18/h6-11,15-16H,1-5H3,(H,22,23)/t15-,16-/m1/s1. The number of rotatable bonds is 5.